The van der Waals surface area contributed by atoms with Gasteiger partial charge in [-0.05, 0) is 36.5 Å². The number of benzene rings is 1. The Kier molecular flexibility index (Phi) is 5.39. The number of nitro groups is 1. The van der Waals surface area contributed by atoms with Gasteiger partial charge in [0.25, 0.3) is 5.69 Å². The van der Waals surface area contributed by atoms with Gasteiger partial charge in [0, 0.05) is 39.6 Å². The number of nitrogens with two attached hydrogens (primary N) is 1. The van der Waals surface area contributed by atoms with Crippen LogP contribution in [0.2, 0.25) is 0 Å². The zero-order valence-corrected chi connectivity index (χ0v) is 19.0. The van der Waals surface area contributed by atoms with Crippen molar-refractivity contribution in [1.82, 2.24) is 0 Å². The fourth-order valence-electron chi connectivity index (χ4n) is 4.57. The lowest BCUT2D eigenvalue weighted by Crippen LogP contribution is -2.42. The highest BCUT2D eigenvalue weighted by molar-refractivity contribution is 7.12. The van der Waals surface area contributed by atoms with Gasteiger partial charge in [0.1, 0.15) is 5.82 Å². The van der Waals surface area contributed by atoms with Crippen molar-refractivity contribution in [2.75, 3.05) is 4.90 Å². The number of thiophene rings is 1. The first kappa shape index (κ1) is 21.8. The summed E-state index contributed by atoms with van der Waals surface area (Å²) in [6.45, 7) is 6.11. The van der Waals surface area contributed by atoms with Gasteiger partial charge in [0.2, 0.25) is 0 Å². The fourth-order valence-corrected chi connectivity index (χ4v) is 5.65. The Bertz CT molecular complexity index is 1230. The van der Waals surface area contributed by atoms with Crippen LogP contribution in [0.5, 0.6) is 0 Å². The molecule has 0 radical (unpaired) electrons. The monoisotopic (exact) mass is 448 g/mol. The highest BCUT2D eigenvalue weighted by Gasteiger charge is 2.45. The van der Waals surface area contributed by atoms with E-state index in [0.29, 0.717) is 29.7 Å². The summed E-state index contributed by atoms with van der Waals surface area (Å²) in [6.07, 6.45) is 1.81. The Morgan fingerprint density at radius 2 is 2.06 bits per heavy atom. The van der Waals surface area contributed by atoms with Gasteiger partial charge in [-0.2, -0.15) is 5.26 Å². The van der Waals surface area contributed by atoms with Crippen molar-refractivity contribution in [3.05, 3.63) is 78.9 Å². The van der Waals surface area contributed by atoms with Crippen molar-refractivity contribution < 1.29 is 9.72 Å². The van der Waals surface area contributed by atoms with E-state index in [-0.39, 0.29) is 22.7 Å². The predicted octanol–water partition coefficient (Wildman–Crippen LogP) is 5.16. The lowest BCUT2D eigenvalue weighted by molar-refractivity contribution is -0.384. The number of Topliss-reactive ketones (excluding diaryl/α,β-unsaturated/α-hetero) is 1. The second kappa shape index (κ2) is 7.92. The van der Waals surface area contributed by atoms with Crippen molar-refractivity contribution in [2.45, 2.75) is 46.0 Å². The van der Waals surface area contributed by atoms with Crippen molar-refractivity contribution in [2.24, 2.45) is 11.1 Å². The molecule has 2 aromatic rings. The number of nitriles is 1. The van der Waals surface area contributed by atoms with Crippen molar-refractivity contribution in [1.29, 1.82) is 5.26 Å². The maximum Gasteiger partial charge on any atom is 0.271 e. The van der Waals surface area contributed by atoms with Crippen LogP contribution < -0.4 is 10.6 Å². The molecule has 8 heteroatoms. The molecule has 1 unspecified atom stereocenters. The number of aryl methyl sites for hydroxylation is 1. The molecule has 0 fully saturated rings. The van der Waals surface area contributed by atoms with E-state index in [1.165, 1.54) is 17.0 Å². The lowest BCUT2D eigenvalue weighted by atomic mass is 9.69. The molecule has 1 aliphatic heterocycles. The number of carbonyl (C=O) groups excluding carboxylic acids is 1. The van der Waals surface area contributed by atoms with Gasteiger partial charge in [0.05, 0.1) is 28.2 Å². The smallest absolute Gasteiger partial charge is 0.271 e. The molecule has 4 rings (SSSR count). The van der Waals surface area contributed by atoms with E-state index < -0.39 is 10.8 Å². The number of rotatable bonds is 4. The zero-order valence-electron chi connectivity index (χ0n) is 18.2. The molecule has 2 heterocycles. The summed E-state index contributed by atoms with van der Waals surface area (Å²) in [4.78, 5) is 28.1. The first-order valence-corrected chi connectivity index (χ1v) is 11.3. The first-order chi connectivity index (χ1) is 15.2. The number of hydrogen-bond acceptors (Lipinski definition) is 7. The summed E-state index contributed by atoms with van der Waals surface area (Å²) in [7, 11) is 0. The largest absolute Gasteiger partial charge is 0.384 e. The van der Waals surface area contributed by atoms with Gasteiger partial charge in [-0.1, -0.05) is 26.8 Å². The third-order valence-corrected chi connectivity index (χ3v) is 7.29. The number of ketones is 1. The molecule has 0 bridgehead atoms. The molecule has 1 aliphatic carbocycles. The minimum atomic E-state index is -0.515. The average Bonchev–Trinajstić information content (AvgIpc) is 3.21. The van der Waals surface area contributed by atoms with Crippen LogP contribution in [0.3, 0.4) is 0 Å². The molecule has 0 saturated heterocycles. The SMILES string of the molecule is CCc1ccc(C2C(C#N)=C(N)N(c3cccc([N+](=O)[O-])c3)C3=C2C(=O)CC(C)(C)C3)s1. The molecular formula is C24H24N4O3S. The Labute approximate surface area is 190 Å². The minimum Gasteiger partial charge on any atom is -0.384 e. The number of hydrogen-bond donors (Lipinski definition) is 1. The third-order valence-electron chi connectivity index (χ3n) is 6.00. The summed E-state index contributed by atoms with van der Waals surface area (Å²) in [6, 6.07) is 12.4. The summed E-state index contributed by atoms with van der Waals surface area (Å²) < 4.78 is 0. The molecule has 32 heavy (non-hydrogen) atoms. The van der Waals surface area contributed by atoms with Crippen LogP contribution in [0.4, 0.5) is 11.4 Å². The highest BCUT2D eigenvalue weighted by Crippen LogP contribution is 2.51. The normalized spacial score (nSPS) is 20.2. The van der Waals surface area contributed by atoms with E-state index in [4.69, 9.17) is 5.73 Å². The number of allylic oxidation sites excluding steroid dienone is 3. The van der Waals surface area contributed by atoms with E-state index in [9.17, 15) is 20.2 Å². The van der Waals surface area contributed by atoms with E-state index in [0.717, 1.165) is 17.0 Å². The van der Waals surface area contributed by atoms with Gasteiger partial charge in [-0.15, -0.1) is 11.3 Å². The number of nitro benzene ring substituents is 1. The minimum absolute atomic E-state index is 0.0108. The number of nitrogens with zero attached hydrogens (tertiary/aromatic N) is 3. The Morgan fingerprint density at radius 1 is 1.31 bits per heavy atom. The summed E-state index contributed by atoms with van der Waals surface area (Å²) in [5.41, 5.74) is 8.27. The van der Waals surface area contributed by atoms with Crippen LogP contribution >= 0.6 is 11.3 Å². The van der Waals surface area contributed by atoms with E-state index >= 15 is 0 Å². The Hall–Kier alpha value is -3.44. The van der Waals surface area contributed by atoms with Crippen LogP contribution in [0.25, 0.3) is 0 Å². The van der Waals surface area contributed by atoms with Gasteiger partial charge in [0.15, 0.2) is 5.78 Å². The standard InChI is InChI=1S/C24H24N4O3S/c1-4-16-8-9-20(32-16)21-17(13-25)23(26)27(14-6-5-7-15(10-14)28(30)31)18-11-24(2,3)12-19(29)22(18)21/h5-10,21H,4,11-12,26H2,1-3H3. The van der Waals surface area contributed by atoms with Crippen molar-refractivity contribution in [3.63, 3.8) is 0 Å². The second-order valence-corrected chi connectivity index (χ2v) is 10.1. The Balaban J connectivity index is 1.98. The van der Waals surface area contributed by atoms with Crippen molar-refractivity contribution in [3.8, 4) is 6.07 Å². The van der Waals surface area contributed by atoms with Gasteiger partial charge < -0.3 is 5.73 Å². The molecule has 1 atom stereocenters. The molecule has 0 amide bonds. The quantitative estimate of drug-likeness (QED) is 0.510. The van der Waals surface area contributed by atoms with Gasteiger partial charge in [-0.3, -0.25) is 19.8 Å². The fraction of sp³-hybridized carbons (Fsp3) is 0.333. The first-order valence-electron chi connectivity index (χ1n) is 10.5. The molecule has 0 spiro atoms. The van der Waals surface area contributed by atoms with Crippen LogP contribution in [0.1, 0.15) is 49.3 Å². The van der Waals surface area contributed by atoms with Crippen LogP contribution in [-0.4, -0.2) is 10.7 Å². The third kappa shape index (κ3) is 3.59. The summed E-state index contributed by atoms with van der Waals surface area (Å²) >= 11 is 1.59. The molecule has 0 saturated carbocycles. The maximum absolute atomic E-state index is 13.5. The molecule has 2 N–H and O–H groups in total. The highest BCUT2D eigenvalue weighted by atomic mass is 32.1. The second-order valence-electron chi connectivity index (χ2n) is 8.92. The lowest BCUT2D eigenvalue weighted by Gasteiger charge is -2.43. The van der Waals surface area contributed by atoms with E-state index in [1.54, 1.807) is 28.4 Å². The topological polar surface area (TPSA) is 113 Å². The maximum atomic E-state index is 13.5. The molecular weight excluding hydrogens is 424 g/mol. The molecule has 2 aliphatic rings. The number of non-ortho nitro benzene ring substituents is 1. The van der Waals surface area contributed by atoms with Crippen LogP contribution in [0.15, 0.2) is 59.1 Å². The van der Waals surface area contributed by atoms with Crippen molar-refractivity contribution >= 4 is 28.5 Å². The zero-order chi connectivity index (χ0) is 23.2. The van der Waals surface area contributed by atoms with E-state index in [1.807, 2.05) is 26.0 Å². The predicted molar refractivity (Wildman–Crippen MR) is 124 cm³/mol. The van der Waals surface area contributed by atoms with Gasteiger partial charge >= 0.3 is 0 Å². The van der Waals surface area contributed by atoms with E-state index in [2.05, 4.69) is 13.0 Å². The number of carbonyl (C=O) groups is 1. The summed E-state index contributed by atoms with van der Waals surface area (Å²) in [5.74, 6) is -0.309. The number of anilines is 1. The molecule has 164 valence electrons. The summed E-state index contributed by atoms with van der Waals surface area (Å²) in [5, 5.41) is 21.5. The molecule has 1 aromatic carbocycles. The average molecular weight is 449 g/mol. The van der Waals surface area contributed by atoms with Crippen LogP contribution in [-0.2, 0) is 11.2 Å². The van der Waals surface area contributed by atoms with Crippen LogP contribution in [0, 0.1) is 26.9 Å². The molecule has 1 aromatic heterocycles. The van der Waals surface area contributed by atoms with Gasteiger partial charge in [-0.25, -0.2) is 0 Å². The molecule has 7 nitrogen and oxygen atoms in total. The Morgan fingerprint density at radius 3 is 2.69 bits per heavy atom.